The molecule has 1 aliphatic heterocycles. The Bertz CT molecular complexity index is 840. The molecule has 1 aliphatic rings. The van der Waals surface area contributed by atoms with Crippen molar-refractivity contribution in [2.24, 2.45) is 5.10 Å². The monoisotopic (exact) mass is 379 g/mol. The van der Waals surface area contributed by atoms with E-state index in [-0.39, 0.29) is 4.90 Å². The van der Waals surface area contributed by atoms with Crippen molar-refractivity contribution in [3.63, 3.8) is 0 Å². The van der Waals surface area contributed by atoms with Crippen molar-refractivity contribution in [2.45, 2.75) is 4.90 Å². The van der Waals surface area contributed by atoms with Gasteiger partial charge in [-0.25, -0.2) is 13.8 Å². The Morgan fingerprint density at radius 3 is 2.56 bits per heavy atom. The molecule has 0 radical (unpaired) electrons. The molecule has 1 saturated heterocycles. The van der Waals surface area contributed by atoms with Crippen molar-refractivity contribution in [3.8, 4) is 0 Å². The number of rotatable bonds is 5. The van der Waals surface area contributed by atoms with E-state index in [1.54, 1.807) is 6.21 Å². The summed E-state index contributed by atoms with van der Waals surface area (Å²) in [5.41, 5.74) is 2.76. The van der Waals surface area contributed by atoms with Crippen LogP contribution in [-0.4, -0.2) is 51.1 Å². The molecule has 0 unspecified atom stereocenters. The van der Waals surface area contributed by atoms with Gasteiger partial charge in [0.2, 0.25) is 10.0 Å². The number of nitrogens with zero attached hydrogens (tertiary/aromatic N) is 2. The van der Waals surface area contributed by atoms with E-state index < -0.39 is 15.9 Å². The van der Waals surface area contributed by atoms with Gasteiger partial charge in [0, 0.05) is 23.5 Å². The predicted octanol–water partition coefficient (Wildman–Crippen LogP) is 1.53. The number of hydrogen-bond acceptors (Lipinski definition) is 6. The second-order valence-corrected chi connectivity index (χ2v) is 8.17. The van der Waals surface area contributed by atoms with Crippen molar-refractivity contribution in [3.05, 3.63) is 52.2 Å². The average molecular weight is 379 g/mol. The quantitative estimate of drug-likeness (QED) is 0.630. The Morgan fingerprint density at radius 2 is 1.92 bits per heavy atom. The van der Waals surface area contributed by atoms with Gasteiger partial charge in [-0.2, -0.15) is 9.41 Å². The Hall–Kier alpha value is -2.07. The molecule has 0 spiro atoms. The number of carbonyl (C=O) groups is 1. The van der Waals surface area contributed by atoms with Crippen molar-refractivity contribution in [2.75, 3.05) is 26.3 Å². The van der Waals surface area contributed by atoms with Gasteiger partial charge in [0.25, 0.3) is 5.91 Å². The molecule has 132 valence electrons. The molecule has 2 aromatic rings. The number of thiophene rings is 1. The minimum atomic E-state index is -3.56. The van der Waals surface area contributed by atoms with E-state index in [2.05, 4.69) is 10.5 Å². The molecule has 9 heteroatoms. The SMILES string of the molecule is O=C(N/N=C/c1cccs1)c1ccc(S(=O)(=O)N2CCOCC2)cc1. The second-order valence-electron chi connectivity index (χ2n) is 5.26. The summed E-state index contributed by atoms with van der Waals surface area (Å²) < 4.78 is 31.6. The predicted molar refractivity (Wildman–Crippen MR) is 95.4 cm³/mol. The van der Waals surface area contributed by atoms with Gasteiger partial charge in [0.05, 0.1) is 24.3 Å². The van der Waals surface area contributed by atoms with Crippen molar-refractivity contribution in [1.82, 2.24) is 9.73 Å². The van der Waals surface area contributed by atoms with Crippen LogP contribution in [0.15, 0.2) is 51.8 Å². The smallest absolute Gasteiger partial charge is 0.271 e. The molecule has 25 heavy (non-hydrogen) atoms. The molecule has 0 aliphatic carbocycles. The van der Waals surface area contributed by atoms with Gasteiger partial charge in [-0.1, -0.05) is 6.07 Å². The van der Waals surface area contributed by atoms with Crippen LogP contribution in [0, 0.1) is 0 Å². The van der Waals surface area contributed by atoms with Crippen LogP contribution in [0.3, 0.4) is 0 Å². The van der Waals surface area contributed by atoms with E-state index in [1.807, 2.05) is 17.5 Å². The lowest BCUT2D eigenvalue weighted by molar-refractivity contribution is 0.0730. The second kappa shape index (κ2) is 7.87. The first-order valence-electron chi connectivity index (χ1n) is 7.62. The summed E-state index contributed by atoms with van der Waals surface area (Å²) in [6.45, 7) is 1.45. The lowest BCUT2D eigenvalue weighted by atomic mass is 10.2. The third-order valence-corrected chi connectivity index (χ3v) is 6.35. The first-order valence-corrected chi connectivity index (χ1v) is 9.94. The van der Waals surface area contributed by atoms with Crippen LogP contribution in [0.25, 0.3) is 0 Å². The molecular weight excluding hydrogens is 362 g/mol. The molecule has 1 fully saturated rings. The van der Waals surface area contributed by atoms with Crippen LogP contribution >= 0.6 is 11.3 Å². The molecule has 0 atom stereocenters. The summed E-state index contributed by atoms with van der Waals surface area (Å²) in [7, 11) is -3.56. The molecule has 1 amide bonds. The number of hydrogen-bond donors (Lipinski definition) is 1. The van der Waals surface area contributed by atoms with Crippen molar-refractivity contribution in [1.29, 1.82) is 0 Å². The van der Waals surface area contributed by atoms with E-state index in [0.717, 1.165) is 4.88 Å². The maximum Gasteiger partial charge on any atom is 0.271 e. The minimum Gasteiger partial charge on any atom is -0.379 e. The van der Waals surface area contributed by atoms with Crippen molar-refractivity contribution >= 4 is 33.5 Å². The molecule has 0 bridgehead atoms. The van der Waals surface area contributed by atoms with Crippen LogP contribution in [0.1, 0.15) is 15.2 Å². The number of ether oxygens (including phenoxy) is 1. The summed E-state index contributed by atoms with van der Waals surface area (Å²) in [6, 6.07) is 9.59. The highest BCUT2D eigenvalue weighted by molar-refractivity contribution is 7.89. The van der Waals surface area contributed by atoms with Gasteiger partial charge in [0.1, 0.15) is 0 Å². The van der Waals surface area contributed by atoms with Crippen molar-refractivity contribution < 1.29 is 17.9 Å². The molecule has 1 N–H and O–H groups in total. The van der Waals surface area contributed by atoms with Gasteiger partial charge >= 0.3 is 0 Å². The third-order valence-electron chi connectivity index (χ3n) is 3.63. The van der Waals surface area contributed by atoms with Crippen LogP contribution in [-0.2, 0) is 14.8 Å². The standard InChI is InChI=1S/C16H17N3O4S2/c20-16(18-17-12-14-2-1-11-24-14)13-3-5-15(6-4-13)25(21,22)19-7-9-23-10-8-19/h1-6,11-12H,7-10H2,(H,18,20)/b17-12+. The Balaban J connectivity index is 1.66. The number of morpholine rings is 1. The minimum absolute atomic E-state index is 0.160. The van der Waals surface area contributed by atoms with Gasteiger partial charge in [-0.05, 0) is 35.7 Å². The number of nitrogens with one attached hydrogen (secondary N) is 1. The number of carbonyl (C=O) groups excluding carboxylic acids is 1. The fourth-order valence-corrected chi connectivity index (χ4v) is 4.29. The highest BCUT2D eigenvalue weighted by Gasteiger charge is 2.26. The summed E-state index contributed by atoms with van der Waals surface area (Å²) >= 11 is 1.51. The Labute approximate surface area is 150 Å². The highest BCUT2D eigenvalue weighted by atomic mass is 32.2. The first-order chi connectivity index (χ1) is 12.1. The van der Waals surface area contributed by atoms with E-state index in [9.17, 15) is 13.2 Å². The third kappa shape index (κ3) is 4.31. The number of amides is 1. The number of sulfonamides is 1. The fourth-order valence-electron chi connectivity index (χ4n) is 2.30. The molecule has 0 saturated carbocycles. The zero-order chi connectivity index (χ0) is 17.7. The van der Waals surface area contributed by atoms with E-state index in [0.29, 0.717) is 31.9 Å². The fraction of sp³-hybridized carbons (Fsp3) is 0.250. The van der Waals surface area contributed by atoms with Gasteiger partial charge in [-0.3, -0.25) is 4.79 Å². The van der Waals surface area contributed by atoms with Gasteiger partial charge < -0.3 is 4.74 Å². The lowest BCUT2D eigenvalue weighted by Gasteiger charge is -2.26. The van der Waals surface area contributed by atoms with Crippen LogP contribution in [0.4, 0.5) is 0 Å². The zero-order valence-electron chi connectivity index (χ0n) is 13.3. The Kier molecular flexibility index (Phi) is 5.59. The van der Waals surface area contributed by atoms with Gasteiger partial charge in [0.15, 0.2) is 0 Å². The summed E-state index contributed by atoms with van der Waals surface area (Å²) in [5, 5.41) is 5.79. The Morgan fingerprint density at radius 1 is 1.20 bits per heavy atom. The maximum atomic E-state index is 12.5. The van der Waals surface area contributed by atoms with Crippen LogP contribution < -0.4 is 5.43 Å². The highest BCUT2D eigenvalue weighted by Crippen LogP contribution is 2.17. The number of hydrazone groups is 1. The largest absolute Gasteiger partial charge is 0.379 e. The first kappa shape index (κ1) is 17.7. The lowest BCUT2D eigenvalue weighted by Crippen LogP contribution is -2.40. The summed E-state index contributed by atoms with van der Waals surface area (Å²) in [4.78, 5) is 13.1. The number of benzene rings is 1. The van der Waals surface area contributed by atoms with Crippen LogP contribution in [0.2, 0.25) is 0 Å². The maximum absolute atomic E-state index is 12.5. The normalized spacial score (nSPS) is 16.2. The van der Waals surface area contributed by atoms with E-state index in [4.69, 9.17) is 4.74 Å². The molecule has 7 nitrogen and oxygen atoms in total. The topological polar surface area (TPSA) is 88.1 Å². The summed E-state index contributed by atoms with van der Waals surface area (Å²) in [5.74, 6) is -0.400. The molecular formula is C16H17N3O4S2. The summed E-state index contributed by atoms with van der Waals surface area (Å²) in [6.07, 6.45) is 1.56. The van der Waals surface area contributed by atoms with Crippen LogP contribution in [0.5, 0.6) is 0 Å². The zero-order valence-corrected chi connectivity index (χ0v) is 14.9. The van der Waals surface area contributed by atoms with Gasteiger partial charge in [-0.15, -0.1) is 11.3 Å². The van der Waals surface area contributed by atoms with E-state index in [1.165, 1.54) is 39.9 Å². The molecule has 3 rings (SSSR count). The molecule has 1 aromatic heterocycles. The molecule has 1 aromatic carbocycles. The molecule has 2 heterocycles. The average Bonchev–Trinajstić information content (AvgIpc) is 3.16. The van der Waals surface area contributed by atoms with E-state index >= 15 is 0 Å².